The summed E-state index contributed by atoms with van der Waals surface area (Å²) >= 11 is 0. The van der Waals surface area contributed by atoms with E-state index in [2.05, 4.69) is 10.7 Å². The highest BCUT2D eigenvalue weighted by molar-refractivity contribution is 5.91. The summed E-state index contributed by atoms with van der Waals surface area (Å²) in [6.07, 6.45) is 14.1. The van der Waals surface area contributed by atoms with E-state index in [1.165, 1.54) is 95.8 Å². The van der Waals surface area contributed by atoms with Crippen molar-refractivity contribution in [1.82, 2.24) is 9.88 Å². The van der Waals surface area contributed by atoms with Crippen molar-refractivity contribution < 1.29 is 27.6 Å². The zero-order chi connectivity index (χ0) is 30.0. The van der Waals surface area contributed by atoms with E-state index in [9.17, 15) is 27.6 Å². The quantitative estimate of drug-likeness (QED) is 0.327. The number of rotatable bonds is 4. The molecule has 222 valence electrons. The van der Waals surface area contributed by atoms with Gasteiger partial charge in [-0.2, -0.15) is 13.2 Å². The van der Waals surface area contributed by atoms with Crippen LogP contribution in [0.4, 0.5) is 18.9 Å². The number of anilines is 1. The van der Waals surface area contributed by atoms with Gasteiger partial charge < -0.3 is 16.4 Å². The van der Waals surface area contributed by atoms with E-state index < -0.39 is 11.9 Å². The minimum Gasteiger partial charge on any atom is -0.398 e. The monoisotopic (exact) mass is 564 g/mol. The molecule has 0 bridgehead atoms. The number of allylic oxidation sites excluding steroid dienone is 1. The molecule has 4 rings (SSSR count). The third-order valence-electron chi connectivity index (χ3n) is 6.49. The number of halogens is 3. The van der Waals surface area contributed by atoms with Crippen LogP contribution in [0.1, 0.15) is 83.2 Å². The van der Waals surface area contributed by atoms with Crippen molar-refractivity contribution in [2.45, 2.75) is 83.7 Å². The molecular weight excluding hydrogens is 521 g/mol. The molecule has 0 radical (unpaired) electrons. The molecule has 2 aliphatic rings. The average molecular weight is 565 g/mol. The lowest BCUT2D eigenvalue weighted by Gasteiger charge is -2.26. The minimum atomic E-state index is -4.46. The highest BCUT2D eigenvalue weighted by Crippen LogP contribution is 2.31. The van der Waals surface area contributed by atoms with Crippen LogP contribution in [0.25, 0.3) is 10.9 Å². The minimum absolute atomic E-state index is 0.0762. The van der Waals surface area contributed by atoms with Crippen LogP contribution in [0.2, 0.25) is 0 Å². The first-order valence-corrected chi connectivity index (χ1v) is 13.8. The van der Waals surface area contributed by atoms with E-state index in [1.54, 1.807) is 30.1 Å². The van der Waals surface area contributed by atoms with Gasteiger partial charge in [0.2, 0.25) is 11.8 Å². The second kappa shape index (κ2) is 18.8. The van der Waals surface area contributed by atoms with Crippen LogP contribution in [0.15, 0.2) is 42.5 Å². The number of aldehydes is 1. The molecule has 1 aromatic carbocycles. The normalized spacial score (nSPS) is 15.4. The van der Waals surface area contributed by atoms with Crippen LogP contribution < -0.4 is 11.5 Å². The Bertz CT molecular complexity index is 1060. The van der Waals surface area contributed by atoms with Crippen LogP contribution in [0.5, 0.6) is 0 Å². The highest BCUT2D eigenvalue weighted by atomic mass is 19.4. The number of fused-ring (bicyclic) bond motifs is 1. The Balaban J connectivity index is 0.000000300. The van der Waals surface area contributed by atoms with Crippen LogP contribution in [-0.4, -0.2) is 41.6 Å². The topological polar surface area (TPSA) is 119 Å². The van der Waals surface area contributed by atoms with Gasteiger partial charge in [-0.25, -0.2) is 4.98 Å². The van der Waals surface area contributed by atoms with Crippen LogP contribution >= 0.6 is 0 Å². The Morgan fingerprint density at radius 3 is 2.00 bits per heavy atom. The Labute approximate surface area is 235 Å². The second-order valence-corrected chi connectivity index (χ2v) is 10.1. The number of carbonyl (C=O) groups excluding carboxylic acids is 3. The highest BCUT2D eigenvalue weighted by Gasteiger charge is 2.33. The van der Waals surface area contributed by atoms with Crippen molar-refractivity contribution >= 4 is 34.7 Å². The van der Waals surface area contributed by atoms with Gasteiger partial charge in [-0.15, -0.1) is 0 Å². The van der Waals surface area contributed by atoms with Crippen molar-refractivity contribution in [3.05, 3.63) is 48.2 Å². The molecule has 2 aromatic rings. The van der Waals surface area contributed by atoms with E-state index in [-0.39, 0.29) is 23.0 Å². The number of amides is 2. The molecule has 7 nitrogen and oxygen atoms in total. The largest absolute Gasteiger partial charge is 0.433 e. The van der Waals surface area contributed by atoms with Gasteiger partial charge >= 0.3 is 6.18 Å². The molecule has 2 amide bonds. The lowest BCUT2D eigenvalue weighted by atomic mass is 9.89. The standard InChI is InChI=1S/C12H19NO2.C10H7F3N2.C6H12.C2H5NO/c1-13(12(15)8-5-9-14)10-11-6-3-2-4-7-11;11-10(12,13)9-5-7(14)6-3-1-2-4-8(6)15-9;1-2-4-6-5-3-1;1-2(3)4/h5,8-9,11H,2-4,6-7,10H2,1H3;1-5H,(H2,14,15);1-6H2;1H3,(H2,3,4)/b8-5-;;;. The molecular formula is C30H43F3N4O3. The first-order valence-electron chi connectivity index (χ1n) is 13.8. The molecule has 40 heavy (non-hydrogen) atoms. The van der Waals surface area contributed by atoms with Crippen molar-refractivity contribution in [2.75, 3.05) is 19.3 Å². The molecule has 0 atom stereocenters. The SMILES string of the molecule is C1CCCCC1.CC(N)=O.CN(CC1CCCCC1)C(=O)/C=C\C=O.Nc1cc(C(F)(F)F)nc2ccccc12. The van der Waals surface area contributed by atoms with E-state index in [0.29, 0.717) is 17.6 Å². The predicted molar refractivity (Wildman–Crippen MR) is 153 cm³/mol. The second-order valence-electron chi connectivity index (χ2n) is 10.1. The van der Waals surface area contributed by atoms with Crippen LogP contribution in [-0.2, 0) is 20.6 Å². The van der Waals surface area contributed by atoms with Gasteiger partial charge in [0.05, 0.1) is 5.52 Å². The van der Waals surface area contributed by atoms with Gasteiger partial charge in [0.15, 0.2) is 0 Å². The number of para-hydroxylation sites is 1. The summed E-state index contributed by atoms with van der Waals surface area (Å²) in [5.74, 6) is 0.241. The van der Waals surface area contributed by atoms with Crippen molar-refractivity contribution in [1.29, 1.82) is 0 Å². The van der Waals surface area contributed by atoms with Gasteiger partial charge in [-0.05, 0) is 37.0 Å². The lowest BCUT2D eigenvalue weighted by molar-refractivity contribution is -0.141. The number of primary amides is 1. The molecule has 2 saturated carbocycles. The third-order valence-corrected chi connectivity index (χ3v) is 6.49. The number of nitrogens with two attached hydrogens (primary N) is 2. The number of nitrogens with zero attached hydrogens (tertiary/aromatic N) is 2. The summed E-state index contributed by atoms with van der Waals surface area (Å²) in [4.78, 5) is 35.9. The molecule has 1 aromatic heterocycles. The Kier molecular flexibility index (Phi) is 16.2. The lowest BCUT2D eigenvalue weighted by Crippen LogP contribution is -2.31. The molecule has 2 aliphatic carbocycles. The fourth-order valence-electron chi connectivity index (χ4n) is 4.50. The van der Waals surface area contributed by atoms with Gasteiger partial charge in [0, 0.05) is 37.7 Å². The maximum Gasteiger partial charge on any atom is 0.433 e. The average Bonchev–Trinajstić information content (AvgIpc) is 2.93. The Hall–Kier alpha value is -3.43. The third kappa shape index (κ3) is 14.6. The first-order chi connectivity index (χ1) is 19.0. The Morgan fingerprint density at radius 2 is 1.50 bits per heavy atom. The number of hydrogen-bond donors (Lipinski definition) is 2. The summed E-state index contributed by atoms with van der Waals surface area (Å²) in [5, 5.41) is 0.533. The van der Waals surface area contributed by atoms with Gasteiger partial charge in [-0.1, -0.05) is 76.0 Å². The van der Waals surface area contributed by atoms with Crippen LogP contribution in [0, 0.1) is 5.92 Å². The molecule has 4 N–H and O–H groups in total. The van der Waals surface area contributed by atoms with Crippen molar-refractivity contribution in [3.8, 4) is 0 Å². The van der Waals surface area contributed by atoms with Gasteiger partial charge in [-0.3, -0.25) is 14.4 Å². The summed E-state index contributed by atoms with van der Waals surface area (Å²) < 4.78 is 37.1. The zero-order valence-corrected chi connectivity index (χ0v) is 23.6. The number of aromatic nitrogens is 1. The number of likely N-dealkylation sites (N-methyl/N-ethyl adjacent to an activating group) is 1. The summed E-state index contributed by atoms with van der Waals surface area (Å²) in [6.45, 7) is 2.13. The summed E-state index contributed by atoms with van der Waals surface area (Å²) in [5.41, 5.74) is 9.37. The fraction of sp³-hybridized carbons (Fsp3) is 0.533. The smallest absolute Gasteiger partial charge is 0.398 e. The van der Waals surface area contributed by atoms with Crippen LogP contribution in [0.3, 0.4) is 0 Å². The molecule has 0 saturated heterocycles. The van der Waals surface area contributed by atoms with E-state index in [1.807, 2.05) is 0 Å². The number of pyridine rings is 1. The van der Waals surface area contributed by atoms with E-state index >= 15 is 0 Å². The molecule has 2 fully saturated rings. The molecule has 1 heterocycles. The van der Waals surface area contributed by atoms with Crippen molar-refractivity contribution in [3.63, 3.8) is 0 Å². The van der Waals surface area contributed by atoms with Gasteiger partial charge in [0.1, 0.15) is 12.0 Å². The number of alkyl halides is 3. The summed E-state index contributed by atoms with van der Waals surface area (Å²) in [6, 6.07) is 7.31. The van der Waals surface area contributed by atoms with Crippen molar-refractivity contribution in [2.24, 2.45) is 11.7 Å². The fourth-order valence-corrected chi connectivity index (χ4v) is 4.50. The number of carbonyl (C=O) groups is 3. The maximum atomic E-state index is 12.4. The number of hydrogen-bond acceptors (Lipinski definition) is 5. The molecule has 0 unspecified atom stereocenters. The molecule has 0 aliphatic heterocycles. The zero-order valence-electron chi connectivity index (χ0n) is 23.6. The maximum absolute atomic E-state index is 12.4. The molecule has 0 spiro atoms. The van der Waals surface area contributed by atoms with E-state index in [0.717, 1.165) is 12.6 Å². The first kappa shape index (κ1) is 34.6. The van der Waals surface area contributed by atoms with Gasteiger partial charge in [0.25, 0.3) is 0 Å². The Morgan fingerprint density at radius 1 is 1.00 bits per heavy atom. The predicted octanol–water partition coefficient (Wildman–Crippen LogP) is 6.45. The van der Waals surface area contributed by atoms with E-state index in [4.69, 9.17) is 5.73 Å². The number of benzene rings is 1. The molecule has 10 heteroatoms. The summed E-state index contributed by atoms with van der Waals surface area (Å²) in [7, 11) is 1.80. The number of nitrogen functional groups attached to an aromatic ring is 1.